The standard InChI is InChI=1S/C52H36N2S2/c1-52(2)45-16-10-9-15-41(45)43-30-40(26-28-46(43)52)54(38-22-17-34(18-23-38)33-11-5-3-6-12-33)39-24-19-35(20-25-39)37-21-27-42-44-31-50-47(32-49(44)55-48(42)29-37)53-51(56-50)36-13-7-4-8-14-36/h3-32H,1-2H3. The van der Waals surface area contributed by atoms with Crippen LogP contribution in [0.5, 0.6) is 0 Å². The van der Waals surface area contributed by atoms with Crippen molar-refractivity contribution in [2.24, 2.45) is 0 Å². The summed E-state index contributed by atoms with van der Waals surface area (Å²) in [4.78, 5) is 7.40. The number of hydrogen-bond donors (Lipinski definition) is 0. The van der Waals surface area contributed by atoms with Crippen molar-refractivity contribution in [2.45, 2.75) is 19.3 Å². The van der Waals surface area contributed by atoms with E-state index in [0.29, 0.717) is 0 Å². The van der Waals surface area contributed by atoms with Crippen LogP contribution in [0.25, 0.3) is 74.3 Å². The third-order valence-corrected chi connectivity index (χ3v) is 13.7. The summed E-state index contributed by atoms with van der Waals surface area (Å²) in [5, 5.41) is 3.67. The minimum absolute atomic E-state index is 0.0390. The number of nitrogens with zero attached hydrogens (tertiary/aromatic N) is 2. The molecule has 56 heavy (non-hydrogen) atoms. The highest BCUT2D eigenvalue weighted by molar-refractivity contribution is 7.26. The van der Waals surface area contributed by atoms with E-state index in [0.717, 1.165) is 27.6 Å². The van der Waals surface area contributed by atoms with Gasteiger partial charge >= 0.3 is 0 Å². The van der Waals surface area contributed by atoms with E-state index in [1.54, 1.807) is 11.3 Å². The highest BCUT2D eigenvalue weighted by atomic mass is 32.1. The topological polar surface area (TPSA) is 16.1 Å². The van der Waals surface area contributed by atoms with Crippen LogP contribution in [0.2, 0.25) is 0 Å². The molecule has 1 aliphatic carbocycles. The second-order valence-corrected chi connectivity index (χ2v) is 17.3. The molecule has 266 valence electrons. The molecule has 4 heteroatoms. The van der Waals surface area contributed by atoms with Crippen LogP contribution in [0.4, 0.5) is 17.1 Å². The lowest BCUT2D eigenvalue weighted by molar-refractivity contribution is 0.660. The predicted octanol–water partition coefficient (Wildman–Crippen LogP) is 15.4. The molecule has 8 aromatic carbocycles. The third-order valence-electron chi connectivity index (χ3n) is 11.5. The van der Waals surface area contributed by atoms with E-state index in [2.05, 4.69) is 201 Å². The van der Waals surface area contributed by atoms with Gasteiger partial charge in [0.2, 0.25) is 0 Å². The number of thiazole rings is 1. The highest BCUT2D eigenvalue weighted by Crippen LogP contribution is 2.51. The van der Waals surface area contributed by atoms with Crippen LogP contribution in [0.1, 0.15) is 25.0 Å². The van der Waals surface area contributed by atoms with Gasteiger partial charge in [0.1, 0.15) is 5.01 Å². The van der Waals surface area contributed by atoms with E-state index in [-0.39, 0.29) is 5.41 Å². The zero-order valence-electron chi connectivity index (χ0n) is 31.0. The van der Waals surface area contributed by atoms with Crippen molar-refractivity contribution in [1.29, 1.82) is 0 Å². The van der Waals surface area contributed by atoms with Gasteiger partial charge in [0.05, 0.1) is 10.2 Å². The first kappa shape index (κ1) is 33.0. The van der Waals surface area contributed by atoms with Crippen molar-refractivity contribution in [2.75, 3.05) is 4.90 Å². The average molecular weight is 753 g/mol. The van der Waals surface area contributed by atoms with Crippen molar-refractivity contribution in [1.82, 2.24) is 4.98 Å². The maximum absolute atomic E-state index is 5.01. The van der Waals surface area contributed by atoms with Gasteiger partial charge in [-0.15, -0.1) is 22.7 Å². The van der Waals surface area contributed by atoms with E-state index in [1.165, 1.54) is 74.9 Å². The minimum Gasteiger partial charge on any atom is -0.310 e. The summed E-state index contributed by atoms with van der Waals surface area (Å²) in [5.74, 6) is 0. The lowest BCUT2D eigenvalue weighted by Gasteiger charge is -2.27. The maximum Gasteiger partial charge on any atom is 0.124 e. The second-order valence-electron chi connectivity index (χ2n) is 15.2. The number of benzene rings is 8. The summed E-state index contributed by atoms with van der Waals surface area (Å²) >= 11 is 3.62. The Morgan fingerprint density at radius 1 is 0.411 bits per heavy atom. The molecule has 0 spiro atoms. The second kappa shape index (κ2) is 12.9. The number of fused-ring (bicyclic) bond motifs is 7. The van der Waals surface area contributed by atoms with Gasteiger partial charge in [-0.05, 0) is 99.1 Å². The summed E-state index contributed by atoms with van der Waals surface area (Å²) in [6, 6.07) is 66.6. The Labute approximate surface area is 334 Å². The van der Waals surface area contributed by atoms with Crippen LogP contribution in [-0.4, -0.2) is 4.98 Å². The first-order chi connectivity index (χ1) is 27.5. The SMILES string of the molecule is CC1(C)c2ccccc2-c2cc(N(c3ccc(-c4ccccc4)cc3)c3ccc(-c4ccc5c(c4)sc4cc6nc(-c7ccccc7)sc6cc45)cc3)ccc21. The van der Waals surface area contributed by atoms with Gasteiger partial charge in [0.25, 0.3) is 0 Å². The molecule has 0 N–H and O–H groups in total. The number of rotatable bonds is 6. The smallest absolute Gasteiger partial charge is 0.124 e. The summed E-state index contributed by atoms with van der Waals surface area (Å²) in [6.07, 6.45) is 0. The lowest BCUT2D eigenvalue weighted by atomic mass is 9.82. The Balaban J connectivity index is 0.965. The Kier molecular flexibility index (Phi) is 7.60. The van der Waals surface area contributed by atoms with Gasteiger partial charge in [-0.2, -0.15) is 0 Å². The van der Waals surface area contributed by atoms with Crippen LogP contribution >= 0.6 is 22.7 Å². The highest BCUT2D eigenvalue weighted by Gasteiger charge is 2.35. The fourth-order valence-electron chi connectivity index (χ4n) is 8.61. The molecule has 2 aromatic heterocycles. The molecule has 2 heterocycles. The van der Waals surface area contributed by atoms with Crippen LogP contribution in [0, 0.1) is 0 Å². The zero-order chi connectivity index (χ0) is 37.4. The molecule has 0 saturated carbocycles. The van der Waals surface area contributed by atoms with E-state index in [4.69, 9.17) is 4.98 Å². The molecule has 1 aliphatic rings. The van der Waals surface area contributed by atoms with Gasteiger partial charge in [-0.25, -0.2) is 4.98 Å². The predicted molar refractivity (Wildman–Crippen MR) is 241 cm³/mol. The Morgan fingerprint density at radius 3 is 1.71 bits per heavy atom. The molecule has 0 bridgehead atoms. The number of hydrogen-bond acceptors (Lipinski definition) is 4. The lowest BCUT2D eigenvalue weighted by Crippen LogP contribution is -2.15. The summed E-state index contributed by atoms with van der Waals surface area (Å²) < 4.78 is 3.80. The molecule has 0 atom stereocenters. The third kappa shape index (κ3) is 5.40. The van der Waals surface area contributed by atoms with E-state index < -0.39 is 0 Å². The van der Waals surface area contributed by atoms with Crippen LogP contribution < -0.4 is 4.90 Å². The molecule has 0 radical (unpaired) electrons. The van der Waals surface area contributed by atoms with Crippen LogP contribution in [-0.2, 0) is 5.41 Å². The normalized spacial score (nSPS) is 13.0. The van der Waals surface area contributed by atoms with Crippen molar-refractivity contribution in [3.8, 4) is 44.0 Å². The Bertz CT molecular complexity index is 3080. The molecule has 2 nitrogen and oxygen atoms in total. The number of thiophene rings is 1. The molecule has 0 unspecified atom stereocenters. The van der Waals surface area contributed by atoms with Gasteiger partial charge in [0, 0.05) is 48.2 Å². The first-order valence-corrected chi connectivity index (χ1v) is 20.7. The Morgan fingerprint density at radius 2 is 0.982 bits per heavy atom. The Hall–Kier alpha value is -6.33. The van der Waals surface area contributed by atoms with E-state index >= 15 is 0 Å². The largest absolute Gasteiger partial charge is 0.310 e. The fraction of sp³-hybridized carbons (Fsp3) is 0.0577. The molecule has 0 aliphatic heterocycles. The van der Waals surface area contributed by atoms with Crippen molar-refractivity contribution in [3.05, 3.63) is 193 Å². The van der Waals surface area contributed by atoms with Gasteiger partial charge < -0.3 is 4.90 Å². The monoisotopic (exact) mass is 752 g/mol. The molecule has 10 aromatic rings. The molecular weight excluding hydrogens is 717 g/mol. The number of anilines is 3. The quantitative estimate of drug-likeness (QED) is 0.168. The van der Waals surface area contributed by atoms with Crippen molar-refractivity contribution in [3.63, 3.8) is 0 Å². The molecule has 0 amide bonds. The van der Waals surface area contributed by atoms with Gasteiger partial charge in [0.15, 0.2) is 0 Å². The van der Waals surface area contributed by atoms with Crippen molar-refractivity contribution < 1.29 is 0 Å². The molecule has 0 saturated heterocycles. The van der Waals surface area contributed by atoms with E-state index in [9.17, 15) is 0 Å². The molecule has 11 rings (SSSR count). The summed E-state index contributed by atoms with van der Waals surface area (Å²) in [7, 11) is 0. The average Bonchev–Trinajstić information content (AvgIpc) is 3.90. The zero-order valence-corrected chi connectivity index (χ0v) is 32.7. The van der Waals surface area contributed by atoms with Crippen LogP contribution in [0.3, 0.4) is 0 Å². The fourth-order valence-corrected chi connectivity index (χ4v) is 10.8. The summed E-state index contributed by atoms with van der Waals surface area (Å²) in [5.41, 5.74) is 15.8. The summed E-state index contributed by atoms with van der Waals surface area (Å²) in [6.45, 7) is 4.68. The van der Waals surface area contributed by atoms with Crippen molar-refractivity contribution >= 4 is 70.1 Å². The molecule has 0 fully saturated rings. The van der Waals surface area contributed by atoms with Crippen LogP contribution in [0.15, 0.2) is 182 Å². The van der Waals surface area contributed by atoms with Gasteiger partial charge in [-0.3, -0.25) is 0 Å². The van der Waals surface area contributed by atoms with Gasteiger partial charge in [-0.1, -0.05) is 141 Å². The minimum atomic E-state index is -0.0390. The first-order valence-electron chi connectivity index (χ1n) is 19.1. The maximum atomic E-state index is 5.01. The number of aromatic nitrogens is 1. The molecular formula is C52H36N2S2. The van der Waals surface area contributed by atoms with E-state index in [1.807, 2.05) is 11.3 Å².